The molecule has 0 aromatic carbocycles. The molecule has 2 N–H and O–H groups in total. The minimum absolute atomic E-state index is 0.374. The van der Waals surface area contributed by atoms with Crippen LogP contribution < -0.4 is 0 Å². The number of hydrogen-bond acceptors (Lipinski definition) is 4. The molecule has 4 nitrogen and oxygen atoms in total. The summed E-state index contributed by atoms with van der Waals surface area (Å²) < 4.78 is 4.68. The van der Waals surface area contributed by atoms with Crippen LogP contribution in [0.2, 0.25) is 0 Å². The molecule has 70 valence electrons. The fourth-order valence-corrected chi connectivity index (χ4v) is 0.613. The van der Waals surface area contributed by atoms with E-state index in [1.807, 2.05) is 0 Å². The van der Waals surface area contributed by atoms with Gasteiger partial charge in [0, 0.05) is 6.08 Å². The number of carbonyl (C=O) groups excluding carboxylic acids is 1. The molecule has 0 rings (SSSR count). The molecule has 12 heavy (non-hydrogen) atoms. The molecule has 0 aliphatic carbocycles. The summed E-state index contributed by atoms with van der Waals surface area (Å²) in [7, 11) is 0. The Hall–Kier alpha value is -0.870. The second-order valence-corrected chi connectivity index (χ2v) is 2.40. The minimum Gasteiger partial charge on any atom is -0.454 e. The van der Waals surface area contributed by atoms with Crippen LogP contribution in [0.5, 0.6) is 0 Å². The number of hydrogen-bond donors (Lipinski definition) is 2. The van der Waals surface area contributed by atoms with Crippen LogP contribution >= 0.6 is 0 Å². The van der Waals surface area contributed by atoms with Crippen LogP contribution in [-0.4, -0.2) is 35.0 Å². The Balaban J connectivity index is 3.94. The fourth-order valence-electron chi connectivity index (χ4n) is 0.613. The molecular formula is C8H14O4. The van der Waals surface area contributed by atoms with E-state index in [9.17, 15) is 4.79 Å². The Kier molecular flexibility index (Phi) is 5.32. The van der Waals surface area contributed by atoms with Gasteiger partial charge in [-0.25, -0.2) is 4.79 Å². The average molecular weight is 174 g/mol. The smallest absolute Gasteiger partial charge is 0.330 e. The maximum atomic E-state index is 10.8. The first-order valence-corrected chi connectivity index (χ1v) is 3.74. The lowest BCUT2D eigenvalue weighted by molar-refractivity contribution is -0.151. The zero-order chi connectivity index (χ0) is 9.56. The van der Waals surface area contributed by atoms with Crippen molar-refractivity contribution in [3.63, 3.8) is 0 Å². The van der Waals surface area contributed by atoms with E-state index in [1.165, 1.54) is 19.1 Å². The molecule has 2 atom stereocenters. The summed E-state index contributed by atoms with van der Waals surface area (Å²) in [6.07, 6.45) is 1.06. The van der Waals surface area contributed by atoms with Crippen molar-refractivity contribution in [2.75, 3.05) is 6.61 Å². The molecule has 0 aromatic rings. The van der Waals surface area contributed by atoms with E-state index in [4.69, 9.17) is 10.2 Å². The summed E-state index contributed by atoms with van der Waals surface area (Å²) in [6.45, 7) is 2.75. The van der Waals surface area contributed by atoms with E-state index in [-0.39, 0.29) is 6.61 Å². The van der Waals surface area contributed by atoms with Gasteiger partial charge in [-0.15, -0.1) is 0 Å². The van der Waals surface area contributed by atoms with Crippen molar-refractivity contribution in [3.8, 4) is 0 Å². The largest absolute Gasteiger partial charge is 0.454 e. The van der Waals surface area contributed by atoms with Gasteiger partial charge in [0.1, 0.15) is 0 Å². The van der Waals surface area contributed by atoms with E-state index < -0.39 is 18.2 Å². The van der Waals surface area contributed by atoms with E-state index in [1.54, 1.807) is 6.92 Å². The number of allylic oxidation sites excluding steroid dienone is 1. The highest BCUT2D eigenvalue weighted by Crippen LogP contribution is 1.98. The summed E-state index contributed by atoms with van der Waals surface area (Å²) in [4.78, 5) is 10.8. The van der Waals surface area contributed by atoms with Gasteiger partial charge in [0.25, 0.3) is 0 Å². The summed E-state index contributed by atoms with van der Waals surface area (Å²) in [6, 6.07) is 0. The van der Waals surface area contributed by atoms with Crippen LogP contribution in [0.1, 0.15) is 13.8 Å². The first kappa shape index (κ1) is 11.1. The molecule has 0 fully saturated rings. The number of esters is 1. The number of rotatable bonds is 4. The number of carbonyl (C=O) groups is 1. The third-order valence-electron chi connectivity index (χ3n) is 1.29. The molecule has 0 amide bonds. The molecule has 0 saturated heterocycles. The molecule has 0 aliphatic rings. The van der Waals surface area contributed by atoms with Gasteiger partial charge in [-0.2, -0.15) is 0 Å². The van der Waals surface area contributed by atoms with Crippen molar-refractivity contribution >= 4 is 5.97 Å². The van der Waals surface area contributed by atoms with Crippen molar-refractivity contribution in [2.45, 2.75) is 26.1 Å². The van der Waals surface area contributed by atoms with Gasteiger partial charge in [0.15, 0.2) is 6.10 Å². The van der Waals surface area contributed by atoms with Gasteiger partial charge in [-0.05, 0) is 13.8 Å². The van der Waals surface area contributed by atoms with Crippen LogP contribution in [0, 0.1) is 0 Å². The Bertz CT molecular complexity index is 162. The van der Waals surface area contributed by atoms with Crippen LogP contribution in [0.15, 0.2) is 12.2 Å². The fraction of sp³-hybridized carbons (Fsp3) is 0.625. The van der Waals surface area contributed by atoms with E-state index in [2.05, 4.69) is 4.74 Å². The number of aliphatic hydroxyl groups excluding tert-OH is 2. The molecule has 4 heteroatoms. The zero-order valence-electron chi connectivity index (χ0n) is 7.23. The monoisotopic (exact) mass is 174 g/mol. The second-order valence-electron chi connectivity index (χ2n) is 2.40. The van der Waals surface area contributed by atoms with Gasteiger partial charge in [0.05, 0.1) is 12.7 Å². The standard InChI is InChI=1S/C8H14O4/c1-3-4-8(11)12-7(5-9)6(2)10/h3-4,6-7,9-10H,5H2,1-2H3/b4-3+. The molecule has 0 spiro atoms. The molecule has 0 heterocycles. The van der Waals surface area contributed by atoms with Crippen LogP contribution in [-0.2, 0) is 9.53 Å². The number of aliphatic hydroxyl groups is 2. The Labute approximate surface area is 71.5 Å². The predicted molar refractivity (Wildman–Crippen MR) is 43.5 cm³/mol. The van der Waals surface area contributed by atoms with Crippen LogP contribution in [0.3, 0.4) is 0 Å². The minimum atomic E-state index is -0.857. The van der Waals surface area contributed by atoms with E-state index >= 15 is 0 Å². The highest BCUT2D eigenvalue weighted by Gasteiger charge is 2.16. The second kappa shape index (κ2) is 5.74. The Morgan fingerprint density at radius 1 is 1.67 bits per heavy atom. The third kappa shape index (κ3) is 4.10. The normalized spacial score (nSPS) is 16.0. The summed E-state index contributed by atoms with van der Waals surface area (Å²) >= 11 is 0. The van der Waals surface area contributed by atoms with Gasteiger partial charge in [0.2, 0.25) is 0 Å². The van der Waals surface area contributed by atoms with Crippen molar-refractivity contribution < 1.29 is 19.7 Å². The lowest BCUT2D eigenvalue weighted by atomic mass is 10.2. The van der Waals surface area contributed by atoms with Crippen LogP contribution in [0.4, 0.5) is 0 Å². The molecule has 2 unspecified atom stereocenters. The quantitative estimate of drug-likeness (QED) is 0.459. The summed E-state index contributed by atoms with van der Waals surface area (Å²) in [5.41, 5.74) is 0. The first-order chi connectivity index (χ1) is 5.61. The predicted octanol–water partition coefficient (Wildman–Crippen LogP) is -0.153. The maximum Gasteiger partial charge on any atom is 0.330 e. The molecular weight excluding hydrogens is 160 g/mol. The van der Waals surface area contributed by atoms with E-state index in [0.29, 0.717) is 0 Å². The van der Waals surface area contributed by atoms with Crippen molar-refractivity contribution in [1.82, 2.24) is 0 Å². The molecule has 0 radical (unpaired) electrons. The van der Waals surface area contributed by atoms with Gasteiger partial charge in [-0.3, -0.25) is 0 Å². The molecule has 0 bridgehead atoms. The van der Waals surface area contributed by atoms with Crippen molar-refractivity contribution in [3.05, 3.63) is 12.2 Å². The lowest BCUT2D eigenvalue weighted by Gasteiger charge is -2.16. The lowest BCUT2D eigenvalue weighted by Crippen LogP contribution is -2.31. The van der Waals surface area contributed by atoms with Crippen molar-refractivity contribution in [1.29, 1.82) is 0 Å². The Morgan fingerprint density at radius 3 is 2.58 bits per heavy atom. The SMILES string of the molecule is C/C=C/C(=O)OC(CO)C(C)O. The van der Waals surface area contributed by atoms with E-state index in [0.717, 1.165) is 0 Å². The van der Waals surface area contributed by atoms with Gasteiger partial charge in [-0.1, -0.05) is 6.08 Å². The van der Waals surface area contributed by atoms with Gasteiger partial charge < -0.3 is 14.9 Å². The van der Waals surface area contributed by atoms with Crippen LogP contribution in [0.25, 0.3) is 0 Å². The van der Waals surface area contributed by atoms with Crippen molar-refractivity contribution in [2.24, 2.45) is 0 Å². The highest BCUT2D eigenvalue weighted by atomic mass is 16.6. The maximum absolute atomic E-state index is 10.8. The zero-order valence-corrected chi connectivity index (χ0v) is 7.23. The molecule has 0 saturated carbocycles. The average Bonchev–Trinajstić information content (AvgIpc) is 2.00. The molecule has 0 aromatic heterocycles. The first-order valence-electron chi connectivity index (χ1n) is 3.74. The Morgan fingerprint density at radius 2 is 2.25 bits per heavy atom. The number of ether oxygens (including phenoxy) is 1. The third-order valence-corrected chi connectivity index (χ3v) is 1.29. The highest BCUT2D eigenvalue weighted by molar-refractivity contribution is 5.81. The molecule has 0 aliphatic heterocycles. The topological polar surface area (TPSA) is 66.8 Å². The van der Waals surface area contributed by atoms with Gasteiger partial charge >= 0.3 is 5.97 Å². The summed E-state index contributed by atoms with van der Waals surface area (Å²) in [5.74, 6) is -0.558. The summed E-state index contributed by atoms with van der Waals surface area (Å²) in [5, 5.41) is 17.6.